The molecule has 0 aromatic rings. The van der Waals surface area contributed by atoms with Crippen LogP contribution in [0.1, 0.15) is 60.3 Å². The van der Waals surface area contributed by atoms with Crippen molar-refractivity contribution in [2.24, 2.45) is 5.92 Å². The van der Waals surface area contributed by atoms with Crippen LogP contribution in [0.2, 0.25) is 0 Å². The number of carbonyl (C=O) groups excluding carboxylic acids is 3. The molecule has 1 saturated heterocycles. The van der Waals surface area contributed by atoms with Crippen LogP contribution in [-0.2, 0) is 19.1 Å². The molecule has 0 aromatic carbocycles. The van der Waals surface area contributed by atoms with E-state index in [-0.39, 0.29) is 12.4 Å². The van der Waals surface area contributed by atoms with Crippen LogP contribution >= 0.6 is 0 Å². The summed E-state index contributed by atoms with van der Waals surface area (Å²) in [7, 11) is 0. The number of esters is 1. The maximum Gasteiger partial charge on any atom is 0.410 e. The zero-order valence-corrected chi connectivity index (χ0v) is 14.9. The molecule has 1 heterocycles. The van der Waals surface area contributed by atoms with E-state index in [1.54, 1.807) is 27.7 Å². The lowest BCUT2D eigenvalue weighted by molar-refractivity contribution is -0.155. The zero-order valence-electron chi connectivity index (χ0n) is 14.9. The summed E-state index contributed by atoms with van der Waals surface area (Å²) in [6, 6.07) is -0.604. The molecule has 2 unspecified atom stereocenters. The Morgan fingerprint density at radius 1 is 1.26 bits per heavy atom. The minimum atomic E-state index is -0.768. The molecule has 1 fully saturated rings. The Balaban J connectivity index is 2.89. The Morgan fingerprint density at radius 2 is 1.91 bits per heavy atom. The second-order valence-electron chi connectivity index (χ2n) is 6.83. The van der Waals surface area contributed by atoms with Gasteiger partial charge in [-0.25, -0.2) is 4.79 Å². The lowest BCUT2D eigenvalue weighted by atomic mass is 9.87. The Kier molecular flexibility index (Phi) is 7.03. The first-order valence-electron chi connectivity index (χ1n) is 8.41. The summed E-state index contributed by atoms with van der Waals surface area (Å²) >= 11 is 0. The van der Waals surface area contributed by atoms with Gasteiger partial charge in [-0.3, -0.25) is 14.5 Å². The van der Waals surface area contributed by atoms with E-state index in [0.29, 0.717) is 19.4 Å². The quantitative estimate of drug-likeness (QED) is 0.573. The summed E-state index contributed by atoms with van der Waals surface area (Å²) in [6.45, 7) is 9.69. The van der Waals surface area contributed by atoms with Crippen molar-refractivity contribution in [1.29, 1.82) is 0 Å². The van der Waals surface area contributed by atoms with Gasteiger partial charge in [-0.15, -0.1) is 0 Å². The van der Waals surface area contributed by atoms with Gasteiger partial charge in [0.15, 0.2) is 5.78 Å². The van der Waals surface area contributed by atoms with E-state index in [4.69, 9.17) is 9.47 Å². The van der Waals surface area contributed by atoms with Gasteiger partial charge < -0.3 is 9.47 Å². The van der Waals surface area contributed by atoms with E-state index in [9.17, 15) is 14.4 Å². The van der Waals surface area contributed by atoms with Gasteiger partial charge in [0.2, 0.25) is 0 Å². The molecule has 0 bridgehead atoms. The summed E-state index contributed by atoms with van der Waals surface area (Å²) < 4.78 is 10.4. The van der Waals surface area contributed by atoms with E-state index in [2.05, 4.69) is 0 Å². The first-order chi connectivity index (χ1) is 10.7. The van der Waals surface area contributed by atoms with Crippen molar-refractivity contribution >= 4 is 17.8 Å². The average Bonchev–Trinajstić information content (AvgIpc) is 2.43. The highest BCUT2D eigenvalue weighted by Crippen LogP contribution is 2.26. The van der Waals surface area contributed by atoms with Crippen molar-refractivity contribution in [2.45, 2.75) is 71.9 Å². The molecule has 1 aliphatic rings. The molecule has 1 rings (SSSR count). The number of ether oxygens (including phenoxy) is 2. The molecule has 2 atom stereocenters. The molecule has 1 aliphatic heterocycles. The standard InChI is InChI=1S/C17H29NO5/c1-6-8-9-13-14(19)12(15(20)22-7-2)10-11-18(13)16(21)23-17(3,4)5/h12-13H,6-11H2,1-5H3. The van der Waals surface area contributed by atoms with Crippen LogP contribution in [0.15, 0.2) is 0 Å². The number of amides is 1. The van der Waals surface area contributed by atoms with Gasteiger partial charge in [0.1, 0.15) is 11.5 Å². The highest BCUT2D eigenvalue weighted by Gasteiger charge is 2.43. The molecule has 6 nitrogen and oxygen atoms in total. The Bertz CT molecular complexity index is 441. The average molecular weight is 327 g/mol. The minimum absolute atomic E-state index is 0.228. The van der Waals surface area contributed by atoms with E-state index in [1.807, 2.05) is 6.92 Å². The summed E-state index contributed by atoms with van der Waals surface area (Å²) in [5.74, 6) is -1.48. The van der Waals surface area contributed by atoms with E-state index in [1.165, 1.54) is 4.90 Å². The van der Waals surface area contributed by atoms with Crippen molar-refractivity contribution in [3.8, 4) is 0 Å². The van der Waals surface area contributed by atoms with E-state index in [0.717, 1.165) is 12.8 Å². The molecular weight excluding hydrogens is 298 g/mol. The third-order valence-electron chi connectivity index (χ3n) is 3.74. The monoisotopic (exact) mass is 327 g/mol. The highest BCUT2D eigenvalue weighted by atomic mass is 16.6. The van der Waals surface area contributed by atoms with Crippen molar-refractivity contribution in [3.63, 3.8) is 0 Å². The predicted octanol–water partition coefficient (Wildman–Crippen LogP) is 2.93. The van der Waals surface area contributed by atoms with Crippen LogP contribution in [0, 0.1) is 5.92 Å². The maximum atomic E-state index is 12.7. The van der Waals surface area contributed by atoms with Gasteiger partial charge >= 0.3 is 12.1 Å². The van der Waals surface area contributed by atoms with Gasteiger partial charge in [-0.1, -0.05) is 19.8 Å². The van der Waals surface area contributed by atoms with Gasteiger partial charge in [-0.2, -0.15) is 0 Å². The number of rotatable bonds is 5. The third-order valence-corrected chi connectivity index (χ3v) is 3.74. The van der Waals surface area contributed by atoms with Crippen LogP contribution in [0.3, 0.4) is 0 Å². The SMILES string of the molecule is CCCCC1C(=O)C(C(=O)OCC)CCN1C(=O)OC(C)(C)C. The number of carbonyl (C=O) groups is 3. The lowest BCUT2D eigenvalue weighted by Gasteiger charge is -2.38. The van der Waals surface area contributed by atoms with Crippen molar-refractivity contribution < 1.29 is 23.9 Å². The molecule has 23 heavy (non-hydrogen) atoms. The third kappa shape index (κ3) is 5.52. The van der Waals surface area contributed by atoms with Crippen molar-refractivity contribution in [3.05, 3.63) is 0 Å². The molecule has 0 saturated carbocycles. The van der Waals surface area contributed by atoms with E-state index >= 15 is 0 Å². The van der Waals surface area contributed by atoms with Gasteiger partial charge in [0, 0.05) is 6.54 Å². The molecule has 0 aliphatic carbocycles. The largest absolute Gasteiger partial charge is 0.465 e. The van der Waals surface area contributed by atoms with Crippen LogP contribution in [0.4, 0.5) is 4.79 Å². The Labute approximate surface area is 138 Å². The molecule has 132 valence electrons. The fraction of sp³-hybridized carbons (Fsp3) is 0.824. The number of piperidine rings is 1. The summed E-state index contributed by atoms with van der Waals surface area (Å²) in [6.07, 6.45) is 2.07. The smallest absolute Gasteiger partial charge is 0.410 e. The first kappa shape index (κ1) is 19.5. The number of nitrogens with zero attached hydrogens (tertiary/aromatic N) is 1. The van der Waals surface area contributed by atoms with Gasteiger partial charge in [-0.05, 0) is 40.5 Å². The molecule has 0 spiro atoms. The fourth-order valence-corrected chi connectivity index (χ4v) is 2.66. The number of hydrogen-bond donors (Lipinski definition) is 0. The summed E-state index contributed by atoms with van der Waals surface area (Å²) in [5.41, 5.74) is -0.618. The number of unbranched alkanes of at least 4 members (excludes halogenated alkanes) is 1. The second kappa shape index (κ2) is 8.31. The van der Waals surface area contributed by atoms with Crippen LogP contribution in [-0.4, -0.2) is 47.5 Å². The second-order valence-corrected chi connectivity index (χ2v) is 6.83. The highest BCUT2D eigenvalue weighted by molar-refractivity contribution is 6.03. The summed E-state index contributed by atoms with van der Waals surface area (Å²) in [4.78, 5) is 38.5. The van der Waals surface area contributed by atoms with Crippen LogP contribution in [0.5, 0.6) is 0 Å². The molecule has 1 amide bonds. The molecule has 0 N–H and O–H groups in total. The normalized spacial score (nSPS) is 22.0. The minimum Gasteiger partial charge on any atom is -0.465 e. The first-order valence-corrected chi connectivity index (χ1v) is 8.41. The topological polar surface area (TPSA) is 72.9 Å². The number of hydrogen-bond acceptors (Lipinski definition) is 5. The fourth-order valence-electron chi connectivity index (χ4n) is 2.66. The number of ketones is 1. The van der Waals surface area contributed by atoms with Crippen molar-refractivity contribution in [2.75, 3.05) is 13.2 Å². The number of Topliss-reactive ketones (excluding diaryl/α,β-unsaturated/α-hetero) is 1. The molecule has 6 heteroatoms. The maximum absolute atomic E-state index is 12.7. The van der Waals surface area contributed by atoms with Crippen LogP contribution < -0.4 is 0 Å². The predicted molar refractivity (Wildman–Crippen MR) is 86.0 cm³/mol. The lowest BCUT2D eigenvalue weighted by Crippen LogP contribution is -2.55. The molecule has 0 aromatic heterocycles. The molecule has 0 radical (unpaired) electrons. The van der Waals surface area contributed by atoms with Crippen LogP contribution in [0.25, 0.3) is 0 Å². The zero-order chi connectivity index (χ0) is 17.6. The summed E-state index contributed by atoms with van der Waals surface area (Å²) in [5, 5.41) is 0. The Hall–Kier alpha value is -1.59. The van der Waals surface area contributed by atoms with E-state index < -0.39 is 29.6 Å². The Morgan fingerprint density at radius 3 is 2.43 bits per heavy atom. The van der Waals surface area contributed by atoms with Gasteiger partial charge in [0.25, 0.3) is 0 Å². The number of likely N-dealkylation sites (tertiary alicyclic amines) is 1. The van der Waals surface area contributed by atoms with Crippen molar-refractivity contribution in [1.82, 2.24) is 4.90 Å². The molecular formula is C17H29NO5. The van der Waals surface area contributed by atoms with Gasteiger partial charge in [0.05, 0.1) is 12.6 Å².